The van der Waals surface area contributed by atoms with Crippen molar-refractivity contribution in [3.8, 4) is 5.95 Å². The number of benzene rings is 1. The molecule has 0 spiro atoms. The number of imidazole rings is 1. The van der Waals surface area contributed by atoms with E-state index in [9.17, 15) is 4.79 Å². The van der Waals surface area contributed by atoms with Gasteiger partial charge in [0.25, 0.3) is 0 Å². The molecule has 35 heavy (non-hydrogen) atoms. The number of anilines is 1. The number of carbonyl (C=O) groups excluding carboxylic acids is 1. The molecule has 3 rings (SSSR count). The summed E-state index contributed by atoms with van der Waals surface area (Å²) in [6.45, 7) is 8.06. The predicted octanol–water partition coefficient (Wildman–Crippen LogP) is 4.47. The number of rotatable bonds is 14. The van der Waals surface area contributed by atoms with E-state index in [0.717, 1.165) is 30.0 Å². The summed E-state index contributed by atoms with van der Waals surface area (Å²) in [5.74, 6) is 1.42. The van der Waals surface area contributed by atoms with Crippen LogP contribution < -0.4 is 10.6 Å². The number of amides is 1. The fourth-order valence-electron chi connectivity index (χ4n) is 3.64. The Bertz CT molecular complexity index is 1040. The summed E-state index contributed by atoms with van der Waals surface area (Å²) in [5.41, 5.74) is 2.05. The molecule has 1 atom stereocenters. The molecule has 9 heteroatoms. The molecule has 0 aliphatic heterocycles. The number of carbonyl (C=O) groups is 1. The number of hydrogen-bond acceptors (Lipinski definition) is 6. The topological polar surface area (TPSA) is 94.0 Å². The standard InChI is InChI=1S/C26H35ClN6O2/c1-4-35-15-5-12-29-25(34)23(16-19(2)3)31-24-17-22(11-8-20-6-9-21(27)10-7-20)30-26(32-24)33-14-13-28-18-33/h6-7,9-10,13-14,17-19,23H,4-5,8,11-12,15-16H2,1-3H3,(H,29,34)(H,30,31,32). The van der Waals surface area contributed by atoms with Crippen LogP contribution in [-0.4, -0.2) is 51.2 Å². The predicted molar refractivity (Wildman–Crippen MR) is 139 cm³/mol. The molecular weight excluding hydrogens is 464 g/mol. The highest BCUT2D eigenvalue weighted by atomic mass is 35.5. The van der Waals surface area contributed by atoms with Crippen LogP contribution in [0.3, 0.4) is 0 Å². The maximum Gasteiger partial charge on any atom is 0.242 e. The van der Waals surface area contributed by atoms with Gasteiger partial charge >= 0.3 is 0 Å². The second-order valence-electron chi connectivity index (χ2n) is 8.81. The van der Waals surface area contributed by atoms with Crippen molar-refractivity contribution < 1.29 is 9.53 Å². The van der Waals surface area contributed by atoms with E-state index in [-0.39, 0.29) is 5.91 Å². The Balaban J connectivity index is 1.76. The number of aryl methyl sites for hydroxylation is 2. The van der Waals surface area contributed by atoms with Gasteiger partial charge in [0, 0.05) is 48.9 Å². The number of aromatic nitrogens is 4. The van der Waals surface area contributed by atoms with Crippen molar-refractivity contribution in [1.82, 2.24) is 24.8 Å². The summed E-state index contributed by atoms with van der Waals surface area (Å²) in [6, 6.07) is 9.35. The average Bonchev–Trinajstić information content (AvgIpc) is 3.38. The lowest BCUT2D eigenvalue weighted by Crippen LogP contribution is -2.41. The summed E-state index contributed by atoms with van der Waals surface area (Å²) in [7, 11) is 0. The third-order valence-corrected chi connectivity index (χ3v) is 5.65. The van der Waals surface area contributed by atoms with Gasteiger partial charge in [-0.05, 0) is 56.2 Å². The Morgan fingerprint density at radius 3 is 2.66 bits per heavy atom. The van der Waals surface area contributed by atoms with Crippen LogP contribution in [0.5, 0.6) is 0 Å². The van der Waals surface area contributed by atoms with Crippen LogP contribution in [0.1, 0.15) is 44.9 Å². The van der Waals surface area contributed by atoms with E-state index in [2.05, 4.69) is 34.4 Å². The van der Waals surface area contributed by atoms with Gasteiger partial charge in [-0.25, -0.2) is 9.97 Å². The number of nitrogens with one attached hydrogen (secondary N) is 2. The van der Waals surface area contributed by atoms with Gasteiger partial charge in [0.05, 0.1) is 0 Å². The van der Waals surface area contributed by atoms with Gasteiger partial charge in [0.1, 0.15) is 18.2 Å². The van der Waals surface area contributed by atoms with Gasteiger partial charge in [-0.1, -0.05) is 37.6 Å². The molecule has 1 aromatic carbocycles. The average molecular weight is 499 g/mol. The first-order valence-corrected chi connectivity index (χ1v) is 12.5. The monoisotopic (exact) mass is 498 g/mol. The Labute approximate surface area is 212 Å². The molecule has 2 aromatic heterocycles. The van der Waals surface area contributed by atoms with Crippen molar-refractivity contribution in [2.45, 2.75) is 52.5 Å². The lowest BCUT2D eigenvalue weighted by atomic mass is 10.0. The summed E-state index contributed by atoms with van der Waals surface area (Å²) in [6.07, 6.45) is 8.15. The zero-order valence-corrected chi connectivity index (χ0v) is 21.5. The van der Waals surface area contributed by atoms with E-state index in [0.29, 0.717) is 43.9 Å². The second kappa shape index (κ2) is 13.8. The van der Waals surface area contributed by atoms with Crippen LogP contribution in [0.25, 0.3) is 5.95 Å². The molecule has 0 saturated heterocycles. The maximum atomic E-state index is 13.0. The Hall–Kier alpha value is -2.97. The van der Waals surface area contributed by atoms with Gasteiger partial charge in [-0.2, -0.15) is 4.98 Å². The Morgan fingerprint density at radius 1 is 1.17 bits per heavy atom. The van der Waals surface area contributed by atoms with Crippen LogP contribution in [0.4, 0.5) is 5.82 Å². The summed E-state index contributed by atoms with van der Waals surface area (Å²) < 4.78 is 7.13. The summed E-state index contributed by atoms with van der Waals surface area (Å²) >= 11 is 6.01. The highest BCUT2D eigenvalue weighted by molar-refractivity contribution is 6.30. The lowest BCUT2D eigenvalue weighted by Gasteiger charge is -2.21. The van der Waals surface area contributed by atoms with E-state index < -0.39 is 6.04 Å². The van der Waals surface area contributed by atoms with Crippen LogP contribution in [0.2, 0.25) is 5.02 Å². The SMILES string of the molecule is CCOCCCNC(=O)C(CC(C)C)Nc1cc(CCc2ccc(Cl)cc2)nc(-n2ccnc2)n1. The molecule has 0 saturated carbocycles. The van der Waals surface area contributed by atoms with E-state index in [1.54, 1.807) is 23.3 Å². The first kappa shape index (κ1) is 26.6. The van der Waals surface area contributed by atoms with Crippen LogP contribution in [0, 0.1) is 5.92 Å². The molecule has 2 heterocycles. The third-order valence-electron chi connectivity index (χ3n) is 5.40. The molecule has 188 valence electrons. The van der Waals surface area contributed by atoms with Crippen molar-refractivity contribution >= 4 is 23.3 Å². The van der Waals surface area contributed by atoms with Crippen LogP contribution >= 0.6 is 11.6 Å². The minimum absolute atomic E-state index is 0.0410. The Kier molecular flexibility index (Phi) is 10.5. The first-order chi connectivity index (χ1) is 16.9. The zero-order valence-electron chi connectivity index (χ0n) is 20.7. The number of halogens is 1. The molecular formula is C26H35ClN6O2. The van der Waals surface area contributed by atoms with Gasteiger partial charge in [-0.15, -0.1) is 0 Å². The largest absolute Gasteiger partial charge is 0.382 e. The van der Waals surface area contributed by atoms with E-state index >= 15 is 0 Å². The number of hydrogen-bond donors (Lipinski definition) is 2. The third kappa shape index (κ3) is 8.96. The van der Waals surface area contributed by atoms with Crippen molar-refractivity contribution in [2.75, 3.05) is 25.1 Å². The minimum atomic E-state index is -0.406. The summed E-state index contributed by atoms with van der Waals surface area (Å²) in [5, 5.41) is 7.11. The van der Waals surface area contributed by atoms with Crippen molar-refractivity contribution in [3.63, 3.8) is 0 Å². The first-order valence-electron chi connectivity index (χ1n) is 12.2. The second-order valence-corrected chi connectivity index (χ2v) is 9.25. The molecule has 2 N–H and O–H groups in total. The molecule has 0 bridgehead atoms. The van der Waals surface area contributed by atoms with E-state index in [4.69, 9.17) is 21.3 Å². The molecule has 0 fully saturated rings. The molecule has 0 aliphatic carbocycles. The maximum absolute atomic E-state index is 13.0. The number of ether oxygens (including phenoxy) is 1. The van der Waals surface area contributed by atoms with Crippen molar-refractivity contribution in [1.29, 1.82) is 0 Å². The normalized spacial score (nSPS) is 12.0. The molecule has 0 radical (unpaired) electrons. The molecule has 3 aromatic rings. The van der Waals surface area contributed by atoms with Crippen LogP contribution in [0.15, 0.2) is 49.1 Å². The van der Waals surface area contributed by atoms with Crippen molar-refractivity contribution in [3.05, 3.63) is 65.3 Å². The molecule has 8 nitrogen and oxygen atoms in total. The fourth-order valence-corrected chi connectivity index (χ4v) is 3.76. The molecule has 1 amide bonds. The molecule has 0 aliphatic rings. The highest BCUT2D eigenvalue weighted by Crippen LogP contribution is 2.17. The molecule has 1 unspecified atom stereocenters. The van der Waals surface area contributed by atoms with Crippen LogP contribution in [-0.2, 0) is 22.4 Å². The Morgan fingerprint density at radius 2 is 1.97 bits per heavy atom. The van der Waals surface area contributed by atoms with E-state index in [1.165, 1.54) is 5.56 Å². The summed E-state index contributed by atoms with van der Waals surface area (Å²) in [4.78, 5) is 26.5. The highest BCUT2D eigenvalue weighted by Gasteiger charge is 2.21. The zero-order chi connectivity index (χ0) is 25.0. The fraction of sp³-hybridized carbons (Fsp3) is 0.462. The number of nitrogens with zero attached hydrogens (tertiary/aromatic N) is 4. The van der Waals surface area contributed by atoms with E-state index in [1.807, 2.05) is 37.3 Å². The van der Waals surface area contributed by atoms with Gasteiger partial charge in [0.15, 0.2) is 0 Å². The lowest BCUT2D eigenvalue weighted by molar-refractivity contribution is -0.122. The smallest absolute Gasteiger partial charge is 0.242 e. The quantitative estimate of drug-likeness (QED) is 0.318. The van der Waals surface area contributed by atoms with Gasteiger partial charge < -0.3 is 15.4 Å². The van der Waals surface area contributed by atoms with Gasteiger partial charge in [-0.3, -0.25) is 9.36 Å². The van der Waals surface area contributed by atoms with Gasteiger partial charge in [0.2, 0.25) is 11.9 Å². The van der Waals surface area contributed by atoms with Crippen molar-refractivity contribution in [2.24, 2.45) is 5.92 Å². The minimum Gasteiger partial charge on any atom is -0.382 e.